The fourth-order valence-electron chi connectivity index (χ4n) is 3.21. The number of nitrogens with zero attached hydrogens (tertiary/aromatic N) is 2. The Morgan fingerprint density at radius 2 is 1.90 bits per heavy atom. The van der Waals surface area contributed by atoms with Crippen molar-refractivity contribution >= 4 is 17.0 Å². The average Bonchev–Trinajstić information content (AvgIpc) is 3.09. The SMILES string of the molecule is COC(=O)c1cccc(OCc2nc3ccc(Oc4cc(C)ccc4F)cc3n2C)c1. The number of esters is 1. The third kappa shape index (κ3) is 4.35. The van der Waals surface area contributed by atoms with Crippen molar-refractivity contribution in [2.24, 2.45) is 7.05 Å². The third-order valence-electron chi connectivity index (χ3n) is 4.88. The van der Waals surface area contributed by atoms with Crippen LogP contribution in [0, 0.1) is 12.7 Å². The lowest BCUT2D eigenvalue weighted by Crippen LogP contribution is -2.05. The first-order chi connectivity index (χ1) is 14.9. The van der Waals surface area contributed by atoms with Gasteiger partial charge in [0, 0.05) is 13.1 Å². The van der Waals surface area contributed by atoms with Crippen molar-refractivity contribution in [2.75, 3.05) is 7.11 Å². The van der Waals surface area contributed by atoms with Gasteiger partial charge in [0.1, 0.15) is 23.9 Å². The minimum Gasteiger partial charge on any atom is -0.486 e. The van der Waals surface area contributed by atoms with Crippen LogP contribution in [0.3, 0.4) is 0 Å². The molecule has 1 aromatic heterocycles. The Labute approximate surface area is 178 Å². The number of fused-ring (bicyclic) bond motifs is 1. The zero-order chi connectivity index (χ0) is 22.0. The summed E-state index contributed by atoms with van der Waals surface area (Å²) in [6.45, 7) is 2.09. The fourth-order valence-corrected chi connectivity index (χ4v) is 3.21. The number of methoxy groups -OCH3 is 1. The Balaban J connectivity index is 1.54. The molecule has 0 unspecified atom stereocenters. The summed E-state index contributed by atoms with van der Waals surface area (Å²) < 4.78 is 32.2. The number of carbonyl (C=O) groups is 1. The van der Waals surface area contributed by atoms with E-state index in [1.165, 1.54) is 13.2 Å². The molecule has 3 aromatic carbocycles. The van der Waals surface area contributed by atoms with Crippen molar-refractivity contribution in [3.63, 3.8) is 0 Å². The highest BCUT2D eigenvalue weighted by molar-refractivity contribution is 5.89. The van der Waals surface area contributed by atoms with Crippen molar-refractivity contribution in [2.45, 2.75) is 13.5 Å². The van der Waals surface area contributed by atoms with E-state index < -0.39 is 11.8 Å². The van der Waals surface area contributed by atoms with Gasteiger partial charge in [0.05, 0.1) is 23.7 Å². The van der Waals surface area contributed by atoms with Crippen LogP contribution in [0.15, 0.2) is 60.7 Å². The Kier molecular flexibility index (Phi) is 5.58. The summed E-state index contributed by atoms with van der Waals surface area (Å²) in [4.78, 5) is 16.3. The molecule has 0 aliphatic carbocycles. The molecule has 0 atom stereocenters. The molecule has 0 N–H and O–H groups in total. The number of aryl methyl sites for hydroxylation is 2. The molecule has 31 heavy (non-hydrogen) atoms. The van der Waals surface area contributed by atoms with E-state index in [4.69, 9.17) is 14.2 Å². The van der Waals surface area contributed by atoms with Gasteiger partial charge in [-0.15, -0.1) is 0 Å². The summed E-state index contributed by atoms with van der Waals surface area (Å²) in [6, 6.07) is 16.9. The van der Waals surface area contributed by atoms with Crippen LogP contribution in [-0.4, -0.2) is 22.6 Å². The van der Waals surface area contributed by atoms with Crippen molar-refractivity contribution < 1.29 is 23.4 Å². The van der Waals surface area contributed by atoms with Gasteiger partial charge >= 0.3 is 5.97 Å². The zero-order valence-corrected chi connectivity index (χ0v) is 17.4. The van der Waals surface area contributed by atoms with Crippen molar-refractivity contribution in [3.8, 4) is 17.2 Å². The van der Waals surface area contributed by atoms with Crippen molar-refractivity contribution in [1.82, 2.24) is 9.55 Å². The van der Waals surface area contributed by atoms with Crippen LogP contribution in [-0.2, 0) is 18.4 Å². The minimum atomic E-state index is -0.425. The molecule has 0 fully saturated rings. The van der Waals surface area contributed by atoms with E-state index in [1.807, 2.05) is 30.7 Å². The predicted molar refractivity (Wildman–Crippen MR) is 114 cm³/mol. The smallest absolute Gasteiger partial charge is 0.337 e. The normalized spacial score (nSPS) is 10.8. The first-order valence-electron chi connectivity index (χ1n) is 9.65. The number of imidazole rings is 1. The fraction of sp³-hybridized carbons (Fsp3) is 0.167. The predicted octanol–water partition coefficient (Wildman–Crippen LogP) is 5.18. The van der Waals surface area contributed by atoms with Gasteiger partial charge in [0.25, 0.3) is 0 Å². The lowest BCUT2D eigenvalue weighted by molar-refractivity contribution is 0.0600. The molecule has 0 aliphatic rings. The molecule has 158 valence electrons. The van der Waals surface area contributed by atoms with E-state index in [2.05, 4.69) is 4.98 Å². The molecule has 0 bridgehead atoms. The zero-order valence-electron chi connectivity index (χ0n) is 17.4. The standard InChI is InChI=1S/C24H21FN2O4/c1-15-7-9-19(25)22(11-15)31-18-8-10-20-21(13-18)27(2)23(26-20)14-30-17-6-4-5-16(12-17)24(28)29-3/h4-13H,14H2,1-3H3. The van der Waals surface area contributed by atoms with Crippen LogP contribution in [0.25, 0.3) is 11.0 Å². The molecule has 6 nitrogen and oxygen atoms in total. The number of hydrogen-bond acceptors (Lipinski definition) is 5. The van der Waals surface area contributed by atoms with E-state index in [-0.39, 0.29) is 12.4 Å². The molecule has 0 amide bonds. The maximum Gasteiger partial charge on any atom is 0.337 e. The Morgan fingerprint density at radius 1 is 1.06 bits per heavy atom. The van der Waals surface area contributed by atoms with Crippen LogP contribution in [0.5, 0.6) is 17.2 Å². The van der Waals surface area contributed by atoms with Gasteiger partial charge in [-0.2, -0.15) is 0 Å². The van der Waals surface area contributed by atoms with E-state index in [9.17, 15) is 9.18 Å². The summed E-state index contributed by atoms with van der Waals surface area (Å²) in [5.41, 5.74) is 2.91. The summed E-state index contributed by atoms with van der Waals surface area (Å²) in [5.74, 6) is 1.07. The van der Waals surface area contributed by atoms with Gasteiger partial charge in [0.2, 0.25) is 0 Å². The van der Waals surface area contributed by atoms with E-state index in [1.54, 1.807) is 42.5 Å². The third-order valence-corrected chi connectivity index (χ3v) is 4.88. The molecular weight excluding hydrogens is 399 g/mol. The van der Waals surface area contributed by atoms with Gasteiger partial charge < -0.3 is 18.8 Å². The number of rotatable bonds is 6. The molecular formula is C24H21FN2O4. The van der Waals surface area contributed by atoms with Crippen LogP contribution >= 0.6 is 0 Å². The maximum absolute atomic E-state index is 14.0. The number of benzene rings is 3. The molecule has 4 rings (SSSR count). The highest BCUT2D eigenvalue weighted by Crippen LogP contribution is 2.28. The molecule has 0 aliphatic heterocycles. The minimum absolute atomic E-state index is 0.176. The van der Waals surface area contributed by atoms with Gasteiger partial charge in [-0.25, -0.2) is 14.2 Å². The van der Waals surface area contributed by atoms with Crippen molar-refractivity contribution in [1.29, 1.82) is 0 Å². The van der Waals surface area contributed by atoms with Crippen LogP contribution in [0.2, 0.25) is 0 Å². The quantitative estimate of drug-likeness (QED) is 0.402. The number of aromatic nitrogens is 2. The molecule has 0 spiro atoms. The second kappa shape index (κ2) is 8.47. The average molecular weight is 420 g/mol. The van der Waals surface area contributed by atoms with Gasteiger partial charge in [-0.05, 0) is 55.0 Å². The Bertz CT molecular complexity index is 1270. The Hall–Kier alpha value is -3.87. The summed E-state index contributed by atoms with van der Waals surface area (Å²) in [6.07, 6.45) is 0. The van der Waals surface area contributed by atoms with E-state index >= 15 is 0 Å². The molecule has 0 radical (unpaired) electrons. The second-order valence-electron chi connectivity index (χ2n) is 7.08. The molecule has 1 heterocycles. The maximum atomic E-state index is 14.0. The van der Waals surface area contributed by atoms with Crippen molar-refractivity contribution in [3.05, 3.63) is 83.4 Å². The molecule has 7 heteroatoms. The number of carbonyl (C=O) groups excluding carboxylic acids is 1. The second-order valence-corrected chi connectivity index (χ2v) is 7.08. The van der Waals surface area contributed by atoms with Crippen LogP contribution < -0.4 is 9.47 Å². The summed E-state index contributed by atoms with van der Waals surface area (Å²) in [7, 11) is 3.20. The Morgan fingerprint density at radius 3 is 2.71 bits per heavy atom. The first-order valence-corrected chi connectivity index (χ1v) is 9.65. The molecule has 0 saturated heterocycles. The topological polar surface area (TPSA) is 62.6 Å². The lowest BCUT2D eigenvalue weighted by atomic mass is 10.2. The largest absolute Gasteiger partial charge is 0.486 e. The molecule has 4 aromatic rings. The summed E-state index contributed by atoms with van der Waals surface area (Å²) >= 11 is 0. The van der Waals surface area contributed by atoms with Crippen LogP contribution in [0.4, 0.5) is 4.39 Å². The van der Waals surface area contributed by atoms with E-state index in [0.29, 0.717) is 22.9 Å². The van der Waals surface area contributed by atoms with Gasteiger partial charge in [-0.1, -0.05) is 12.1 Å². The lowest BCUT2D eigenvalue weighted by Gasteiger charge is -2.09. The highest BCUT2D eigenvalue weighted by atomic mass is 19.1. The van der Waals surface area contributed by atoms with Gasteiger partial charge in [-0.3, -0.25) is 0 Å². The number of halogens is 1. The first kappa shape index (κ1) is 20.4. The number of ether oxygens (including phenoxy) is 3. The molecule has 0 saturated carbocycles. The van der Waals surface area contributed by atoms with Gasteiger partial charge in [0.15, 0.2) is 11.6 Å². The number of hydrogen-bond donors (Lipinski definition) is 0. The summed E-state index contributed by atoms with van der Waals surface area (Å²) in [5, 5.41) is 0. The highest BCUT2D eigenvalue weighted by Gasteiger charge is 2.12. The van der Waals surface area contributed by atoms with E-state index in [0.717, 1.165) is 16.6 Å². The van der Waals surface area contributed by atoms with Crippen LogP contribution in [0.1, 0.15) is 21.7 Å². The monoisotopic (exact) mass is 420 g/mol.